The minimum Gasteiger partial charge on any atom is -0.465 e. The second kappa shape index (κ2) is 13.0. The number of nitrogens with one attached hydrogen (secondary N) is 1. The Morgan fingerprint density at radius 1 is 1.11 bits per heavy atom. The van der Waals surface area contributed by atoms with Gasteiger partial charge in [0.25, 0.3) is 0 Å². The standard InChI is InChI=1S/C30H38N5O10P/c1-6-16-40-27(38)18(4)34-46(39,44-19-12-10-9-11-13-19)45-28-29(5)30(28,42-23(37)8-3)25(41-22(36)7-2)24(43-29)20-14-15-21-26(31)32-17-33-35(20)21/h9-15,17-18,24-25,28H,6-8,16H2,1-5H3,(H,34,39)(H2,31,32,33)/t18-,24-,25-,28?,29+,30+,46+/m0/s1. The molecule has 3 aromatic rings. The molecule has 5 rings (SSSR count). The third-order valence-corrected chi connectivity index (χ3v) is 9.58. The maximum absolute atomic E-state index is 14.5. The Bertz CT molecular complexity index is 1650. The molecule has 2 aliphatic rings. The first-order valence-corrected chi connectivity index (χ1v) is 16.6. The van der Waals surface area contributed by atoms with Crippen molar-refractivity contribution in [1.29, 1.82) is 0 Å². The van der Waals surface area contributed by atoms with E-state index in [1.807, 2.05) is 6.92 Å². The summed E-state index contributed by atoms with van der Waals surface area (Å²) < 4.78 is 51.7. The van der Waals surface area contributed by atoms with Crippen LogP contribution < -0.4 is 15.3 Å². The van der Waals surface area contributed by atoms with Crippen LogP contribution in [0.15, 0.2) is 48.8 Å². The lowest BCUT2D eigenvalue weighted by Crippen LogP contribution is -2.43. The first-order chi connectivity index (χ1) is 21.9. The third kappa shape index (κ3) is 5.95. The van der Waals surface area contributed by atoms with E-state index < -0.39 is 61.2 Å². The zero-order chi connectivity index (χ0) is 33.3. The van der Waals surface area contributed by atoms with Gasteiger partial charge in [-0.25, -0.2) is 14.1 Å². The molecule has 15 nitrogen and oxygen atoms in total. The number of aromatic nitrogens is 3. The monoisotopic (exact) mass is 659 g/mol. The van der Waals surface area contributed by atoms with Gasteiger partial charge in [-0.3, -0.25) is 18.9 Å². The number of nitrogens with two attached hydrogens (primary N) is 1. The second-order valence-corrected chi connectivity index (χ2v) is 12.8. The molecule has 0 bridgehead atoms. The number of nitrogens with zero attached hydrogens (tertiary/aromatic N) is 3. The molecule has 1 unspecified atom stereocenters. The van der Waals surface area contributed by atoms with Gasteiger partial charge in [-0.15, -0.1) is 0 Å². The Morgan fingerprint density at radius 3 is 2.50 bits per heavy atom. The van der Waals surface area contributed by atoms with Crippen LogP contribution in [0.3, 0.4) is 0 Å². The number of para-hydroxylation sites is 1. The number of hydrogen-bond acceptors (Lipinski definition) is 13. The summed E-state index contributed by atoms with van der Waals surface area (Å²) in [6, 6.07) is 10.4. The fourth-order valence-corrected chi connectivity index (χ4v) is 7.34. The Morgan fingerprint density at radius 2 is 1.83 bits per heavy atom. The molecule has 1 saturated heterocycles. The minimum absolute atomic E-state index is 0.00182. The quantitative estimate of drug-likeness (QED) is 0.145. The molecule has 46 heavy (non-hydrogen) atoms. The molecule has 1 saturated carbocycles. The molecule has 2 aromatic heterocycles. The Labute approximate surface area is 265 Å². The normalized spacial score (nSPS) is 26.8. The van der Waals surface area contributed by atoms with E-state index in [2.05, 4.69) is 15.2 Å². The smallest absolute Gasteiger partial charge is 0.459 e. The van der Waals surface area contributed by atoms with Crippen LogP contribution in [0.4, 0.5) is 5.82 Å². The number of esters is 3. The van der Waals surface area contributed by atoms with Gasteiger partial charge in [-0.2, -0.15) is 10.2 Å². The van der Waals surface area contributed by atoms with Crippen molar-refractivity contribution in [3.8, 4) is 5.75 Å². The lowest BCUT2D eigenvalue weighted by molar-refractivity contribution is -0.177. The van der Waals surface area contributed by atoms with E-state index in [0.717, 1.165) is 0 Å². The van der Waals surface area contributed by atoms with Crippen molar-refractivity contribution in [2.24, 2.45) is 0 Å². The van der Waals surface area contributed by atoms with Crippen LogP contribution >= 0.6 is 7.75 Å². The molecule has 1 aliphatic heterocycles. The minimum atomic E-state index is -4.47. The summed E-state index contributed by atoms with van der Waals surface area (Å²) in [7, 11) is -4.47. The molecule has 3 N–H and O–H groups in total. The summed E-state index contributed by atoms with van der Waals surface area (Å²) in [6.07, 6.45) is -1.76. The van der Waals surface area contributed by atoms with Crippen LogP contribution in [0.1, 0.15) is 65.7 Å². The van der Waals surface area contributed by atoms with Gasteiger partial charge < -0.3 is 29.2 Å². The Hall–Kier alpha value is -4.04. The highest BCUT2D eigenvalue weighted by molar-refractivity contribution is 7.52. The van der Waals surface area contributed by atoms with Crippen LogP contribution in [0.2, 0.25) is 0 Å². The molecular formula is C30H38N5O10P. The molecule has 248 valence electrons. The summed E-state index contributed by atoms with van der Waals surface area (Å²) in [6.45, 7) is 8.27. The molecule has 1 aliphatic carbocycles. The number of nitrogen functional groups attached to an aromatic ring is 1. The van der Waals surface area contributed by atoms with E-state index in [4.69, 9.17) is 33.7 Å². The van der Waals surface area contributed by atoms with Crippen LogP contribution in [0.25, 0.3) is 5.52 Å². The van der Waals surface area contributed by atoms with Crippen molar-refractivity contribution in [3.05, 3.63) is 54.5 Å². The number of hydrogen-bond donors (Lipinski definition) is 2. The molecular weight excluding hydrogens is 621 g/mol. The van der Waals surface area contributed by atoms with Crippen molar-refractivity contribution in [3.63, 3.8) is 0 Å². The SMILES string of the molecule is CCCOC(=O)[C@H](C)N[P@@](=O)(Oc1ccccc1)OC1[C@@]2(C)O[C@@H](c3ccc4c(N)ncnn34)[C@H](OC(=O)CC)[C@@]12OC(=O)CC. The van der Waals surface area contributed by atoms with E-state index in [0.29, 0.717) is 17.6 Å². The number of benzene rings is 1. The number of fused-ring (bicyclic) bond motifs is 2. The van der Waals surface area contributed by atoms with Gasteiger partial charge in [0.15, 0.2) is 11.9 Å². The fourth-order valence-electron chi connectivity index (χ4n) is 5.57. The molecule has 2 fully saturated rings. The van der Waals surface area contributed by atoms with Crippen LogP contribution in [-0.4, -0.2) is 68.6 Å². The molecule has 0 spiro atoms. The summed E-state index contributed by atoms with van der Waals surface area (Å²) >= 11 is 0. The van der Waals surface area contributed by atoms with E-state index >= 15 is 0 Å². The van der Waals surface area contributed by atoms with Crippen molar-refractivity contribution >= 4 is 37.0 Å². The number of anilines is 1. The maximum Gasteiger partial charge on any atom is 0.459 e. The average Bonchev–Trinajstić information content (AvgIpc) is 3.31. The lowest BCUT2D eigenvalue weighted by atomic mass is 10.0. The van der Waals surface area contributed by atoms with Gasteiger partial charge in [0.05, 0.1) is 12.3 Å². The van der Waals surface area contributed by atoms with Gasteiger partial charge in [0.1, 0.15) is 41.4 Å². The average molecular weight is 660 g/mol. The van der Waals surface area contributed by atoms with Crippen LogP contribution in [0.5, 0.6) is 5.75 Å². The first-order valence-electron chi connectivity index (χ1n) is 15.1. The van der Waals surface area contributed by atoms with Crippen LogP contribution in [-0.2, 0) is 42.4 Å². The maximum atomic E-state index is 14.5. The molecule has 1 aromatic carbocycles. The summed E-state index contributed by atoms with van der Waals surface area (Å²) in [5, 5.41) is 6.93. The predicted molar refractivity (Wildman–Crippen MR) is 162 cm³/mol. The fraction of sp³-hybridized carbons (Fsp3) is 0.500. The van der Waals surface area contributed by atoms with E-state index in [1.165, 1.54) is 17.8 Å². The highest BCUT2D eigenvalue weighted by Gasteiger charge is 2.91. The van der Waals surface area contributed by atoms with Gasteiger partial charge in [-0.1, -0.05) is 39.0 Å². The highest BCUT2D eigenvalue weighted by atomic mass is 31.2. The molecule has 0 amide bonds. The number of carbonyl (C=O) groups excluding carboxylic acids is 3. The highest BCUT2D eigenvalue weighted by Crippen LogP contribution is 2.71. The van der Waals surface area contributed by atoms with Gasteiger partial charge in [0.2, 0.25) is 5.60 Å². The van der Waals surface area contributed by atoms with Crippen molar-refractivity contribution in [2.75, 3.05) is 12.3 Å². The van der Waals surface area contributed by atoms with Gasteiger partial charge in [0, 0.05) is 12.8 Å². The third-order valence-electron chi connectivity index (χ3n) is 7.94. The van der Waals surface area contributed by atoms with Crippen molar-refractivity contribution in [1.82, 2.24) is 19.7 Å². The Kier molecular flexibility index (Phi) is 9.41. The Balaban J connectivity index is 1.55. The van der Waals surface area contributed by atoms with Gasteiger partial charge >= 0.3 is 25.7 Å². The van der Waals surface area contributed by atoms with Crippen molar-refractivity contribution in [2.45, 2.75) is 89.4 Å². The topological polar surface area (TPSA) is 192 Å². The largest absolute Gasteiger partial charge is 0.465 e. The van der Waals surface area contributed by atoms with E-state index in [-0.39, 0.29) is 31.0 Å². The molecule has 7 atom stereocenters. The van der Waals surface area contributed by atoms with Crippen molar-refractivity contribution < 1.29 is 46.9 Å². The zero-order valence-corrected chi connectivity index (χ0v) is 27.1. The number of carbonyl (C=O) groups is 3. The zero-order valence-electron chi connectivity index (χ0n) is 26.2. The summed E-state index contributed by atoms with van der Waals surface area (Å²) in [4.78, 5) is 42.5. The predicted octanol–water partition coefficient (Wildman–Crippen LogP) is 3.67. The summed E-state index contributed by atoms with van der Waals surface area (Å²) in [5.74, 6) is -1.54. The first kappa shape index (κ1) is 33.3. The summed E-state index contributed by atoms with van der Waals surface area (Å²) in [5.41, 5.74) is 3.68. The molecule has 16 heteroatoms. The van der Waals surface area contributed by atoms with E-state index in [9.17, 15) is 18.9 Å². The molecule has 3 heterocycles. The number of ether oxygens (including phenoxy) is 4. The lowest BCUT2D eigenvalue weighted by Gasteiger charge is -2.30. The van der Waals surface area contributed by atoms with Gasteiger partial charge in [-0.05, 0) is 44.5 Å². The van der Waals surface area contributed by atoms with E-state index in [1.54, 1.807) is 63.2 Å². The number of rotatable bonds is 14. The second-order valence-electron chi connectivity index (χ2n) is 11.1. The molecule has 0 radical (unpaired) electrons. The van der Waals surface area contributed by atoms with Crippen LogP contribution in [0, 0.1) is 0 Å².